The predicted octanol–water partition coefficient (Wildman–Crippen LogP) is 1.36. The monoisotopic (exact) mass is 288 g/mol. The zero-order chi connectivity index (χ0) is 14.5. The minimum atomic E-state index is -4.39. The lowest BCUT2D eigenvalue weighted by Crippen LogP contribution is -2.52. The van der Waals surface area contributed by atoms with Crippen molar-refractivity contribution in [2.45, 2.75) is 37.2 Å². The van der Waals surface area contributed by atoms with E-state index in [4.69, 9.17) is 23.7 Å². The minimum absolute atomic E-state index is 0.172. The maximum atomic E-state index is 12.1. The molecule has 0 aromatic heterocycles. The third kappa shape index (κ3) is 5.23. The van der Waals surface area contributed by atoms with Gasteiger partial charge < -0.3 is 23.7 Å². The molecule has 5 nitrogen and oxygen atoms in total. The molecule has 0 aromatic rings. The molecule has 0 saturated carbocycles. The zero-order valence-corrected chi connectivity index (χ0v) is 11.1. The summed E-state index contributed by atoms with van der Waals surface area (Å²) in [4.78, 5) is 0. The van der Waals surface area contributed by atoms with Crippen molar-refractivity contribution < 1.29 is 36.9 Å². The predicted molar refractivity (Wildman–Crippen MR) is 58.8 cm³/mol. The summed E-state index contributed by atoms with van der Waals surface area (Å²) in [6, 6.07) is 0. The SMILES string of the molecule is COC[C@H]1O[C@@H](OCC(F)(F)F)C[C@@H](OC)[C@@H]1OC. The van der Waals surface area contributed by atoms with E-state index in [-0.39, 0.29) is 13.0 Å². The molecule has 0 spiro atoms. The minimum Gasteiger partial charge on any atom is -0.382 e. The van der Waals surface area contributed by atoms with Crippen LogP contribution in [-0.4, -0.2) is 65.3 Å². The van der Waals surface area contributed by atoms with Gasteiger partial charge in [0.05, 0.1) is 12.7 Å². The van der Waals surface area contributed by atoms with Crippen molar-refractivity contribution >= 4 is 0 Å². The van der Waals surface area contributed by atoms with E-state index < -0.39 is 37.4 Å². The third-order valence-electron chi connectivity index (χ3n) is 2.82. The first-order chi connectivity index (χ1) is 8.91. The fraction of sp³-hybridized carbons (Fsp3) is 1.00. The summed E-state index contributed by atoms with van der Waals surface area (Å²) >= 11 is 0. The van der Waals surface area contributed by atoms with E-state index >= 15 is 0 Å². The van der Waals surface area contributed by atoms with Gasteiger partial charge >= 0.3 is 6.18 Å². The molecule has 1 aliphatic heterocycles. The van der Waals surface area contributed by atoms with Crippen molar-refractivity contribution in [3.8, 4) is 0 Å². The molecule has 1 heterocycles. The first-order valence-electron chi connectivity index (χ1n) is 5.79. The molecule has 1 aliphatic rings. The van der Waals surface area contributed by atoms with Gasteiger partial charge in [0.25, 0.3) is 0 Å². The summed E-state index contributed by atoms with van der Waals surface area (Å²) < 4.78 is 61.9. The molecule has 114 valence electrons. The Hall–Kier alpha value is -0.410. The number of hydrogen-bond donors (Lipinski definition) is 0. The van der Waals surface area contributed by atoms with Crippen molar-refractivity contribution in [2.75, 3.05) is 34.5 Å². The lowest BCUT2D eigenvalue weighted by atomic mass is 10.0. The number of ether oxygens (including phenoxy) is 5. The van der Waals surface area contributed by atoms with Crippen LogP contribution in [0.2, 0.25) is 0 Å². The molecule has 1 saturated heterocycles. The van der Waals surface area contributed by atoms with Gasteiger partial charge in [0.2, 0.25) is 0 Å². The fourth-order valence-electron chi connectivity index (χ4n) is 2.02. The van der Waals surface area contributed by atoms with Crippen molar-refractivity contribution in [2.24, 2.45) is 0 Å². The van der Waals surface area contributed by atoms with Crippen LogP contribution < -0.4 is 0 Å². The van der Waals surface area contributed by atoms with Crippen LogP contribution in [0.25, 0.3) is 0 Å². The molecular formula is C11H19F3O5. The molecule has 1 fully saturated rings. The van der Waals surface area contributed by atoms with Crippen molar-refractivity contribution in [3.05, 3.63) is 0 Å². The maximum Gasteiger partial charge on any atom is 0.411 e. The van der Waals surface area contributed by atoms with Crippen molar-refractivity contribution in [1.82, 2.24) is 0 Å². The molecule has 0 aromatic carbocycles. The second-order valence-corrected chi connectivity index (χ2v) is 4.20. The first kappa shape index (κ1) is 16.6. The van der Waals surface area contributed by atoms with Gasteiger partial charge in [-0.1, -0.05) is 0 Å². The Bertz CT molecular complexity index is 261. The van der Waals surface area contributed by atoms with Crippen molar-refractivity contribution in [3.63, 3.8) is 0 Å². The highest BCUT2D eigenvalue weighted by Gasteiger charge is 2.41. The van der Waals surface area contributed by atoms with Gasteiger partial charge in [-0.3, -0.25) is 0 Å². The van der Waals surface area contributed by atoms with E-state index in [9.17, 15) is 13.2 Å². The molecule has 0 bridgehead atoms. The molecule has 19 heavy (non-hydrogen) atoms. The van der Waals surface area contributed by atoms with Crippen LogP contribution in [0.3, 0.4) is 0 Å². The molecule has 1 rings (SSSR count). The summed E-state index contributed by atoms with van der Waals surface area (Å²) in [5.74, 6) is 0. The topological polar surface area (TPSA) is 46.2 Å². The van der Waals surface area contributed by atoms with Gasteiger partial charge in [-0.15, -0.1) is 0 Å². The Balaban J connectivity index is 2.61. The smallest absolute Gasteiger partial charge is 0.382 e. The molecule has 0 radical (unpaired) electrons. The highest BCUT2D eigenvalue weighted by atomic mass is 19.4. The lowest BCUT2D eigenvalue weighted by molar-refractivity contribution is -0.290. The van der Waals surface area contributed by atoms with Crippen LogP contribution in [0.15, 0.2) is 0 Å². The summed E-state index contributed by atoms with van der Waals surface area (Å²) in [5.41, 5.74) is 0. The average molecular weight is 288 g/mol. The van der Waals surface area contributed by atoms with Gasteiger partial charge in [-0.25, -0.2) is 0 Å². The highest BCUT2D eigenvalue weighted by molar-refractivity contribution is 4.85. The van der Waals surface area contributed by atoms with E-state index in [1.165, 1.54) is 21.3 Å². The summed E-state index contributed by atoms with van der Waals surface area (Å²) in [5, 5.41) is 0. The van der Waals surface area contributed by atoms with E-state index in [1.807, 2.05) is 0 Å². The Labute approximate surface area is 109 Å². The van der Waals surface area contributed by atoms with Gasteiger partial charge in [-0.05, 0) is 0 Å². The Kier molecular flexibility index (Phi) is 6.48. The number of rotatable bonds is 6. The standard InChI is InChI=1S/C11H19F3O5/c1-15-5-8-10(17-3)7(16-2)4-9(19-8)18-6-11(12,13)14/h7-10H,4-6H2,1-3H3/t7-,8-,9-,10+/m1/s1. The summed E-state index contributed by atoms with van der Waals surface area (Å²) in [6.45, 7) is -1.17. The van der Waals surface area contributed by atoms with Gasteiger partial charge in [0.15, 0.2) is 6.29 Å². The molecule has 0 aliphatic carbocycles. The maximum absolute atomic E-state index is 12.1. The van der Waals surface area contributed by atoms with Crippen LogP contribution in [-0.2, 0) is 23.7 Å². The van der Waals surface area contributed by atoms with E-state index in [0.717, 1.165) is 0 Å². The molecular weight excluding hydrogens is 269 g/mol. The second-order valence-electron chi connectivity index (χ2n) is 4.20. The summed E-state index contributed by atoms with van der Waals surface area (Å²) in [6.07, 6.45) is -6.55. The normalized spacial score (nSPS) is 32.5. The number of halogens is 3. The number of methoxy groups -OCH3 is 3. The molecule has 8 heteroatoms. The Morgan fingerprint density at radius 2 is 1.84 bits per heavy atom. The van der Waals surface area contributed by atoms with Gasteiger partial charge in [-0.2, -0.15) is 13.2 Å². The summed E-state index contributed by atoms with van der Waals surface area (Å²) in [7, 11) is 4.42. The van der Waals surface area contributed by atoms with Crippen LogP contribution in [0.4, 0.5) is 13.2 Å². The van der Waals surface area contributed by atoms with Gasteiger partial charge in [0.1, 0.15) is 18.8 Å². The van der Waals surface area contributed by atoms with Crippen molar-refractivity contribution in [1.29, 1.82) is 0 Å². The Morgan fingerprint density at radius 3 is 2.32 bits per heavy atom. The quantitative estimate of drug-likeness (QED) is 0.738. The fourth-order valence-corrected chi connectivity index (χ4v) is 2.02. The van der Waals surface area contributed by atoms with Gasteiger partial charge in [0, 0.05) is 27.8 Å². The Morgan fingerprint density at radius 1 is 1.16 bits per heavy atom. The molecule has 0 N–H and O–H groups in total. The zero-order valence-electron chi connectivity index (χ0n) is 11.1. The molecule has 0 amide bonds. The number of alkyl halides is 3. The van der Waals surface area contributed by atoms with E-state index in [0.29, 0.717) is 0 Å². The third-order valence-corrected chi connectivity index (χ3v) is 2.82. The van der Waals surface area contributed by atoms with Crippen LogP contribution >= 0.6 is 0 Å². The van der Waals surface area contributed by atoms with E-state index in [2.05, 4.69) is 0 Å². The number of hydrogen-bond acceptors (Lipinski definition) is 5. The largest absolute Gasteiger partial charge is 0.411 e. The van der Waals surface area contributed by atoms with E-state index in [1.54, 1.807) is 0 Å². The first-order valence-corrected chi connectivity index (χ1v) is 5.79. The molecule has 0 unspecified atom stereocenters. The van der Waals surface area contributed by atoms with Crippen LogP contribution in [0.5, 0.6) is 0 Å². The van der Waals surface area contributed by atoms with Crippen LogP contribution in [0, 0.1) is 0 Å². The lowest BCUT2D eigenvalue weighted by Gasteiger charge is -2.39. The highest BCUT2D eigenvalue weighted by Crippen LogP contribution is 2.27. The second kappa shape index (κ2) is 7.39. The van der Waals surface area contributed by atoms with Crippen LogP contribution in [0.1, 0.15) is 6.42 Å². The average Bonchev–Trinajstić information content (AvgIpc) is 2.35. The molecule has 4 atom stereocenters.